The molecule has 0 amide bonds. The van der Waals surface area contributed by atoms with Gasteiger partial charge in [-0.25, -0.2) is 14.2 Å². The van der Waals surface area contributed by atoms with Crippen LogP contribution in [-0.4, -0.2) is 41.0 Å². The number of nitrogens with two attached hydrogens (primary N) is 1. The summed E-state index contributed by atoms with van der Waals surface area (Å²) >= 11 is 0. The summed E-state index contributed by atoms with van der Waals surface area (Å²) in [5, 5.41) is 10.1. The molecule has 27 heavy (non-hydrogen) atoms. The van der Waals surface area contributed by atoms with E-state index in [0.717, 1.165) is 0 Å². The van der Waals surface area contributed by atoms with Gasteiger partial charge in [0, 0.05) is 0 Å². The van der Waals surface area contributed by atoms with Gasteiger partial charge in [-0.1, -0.05) is 12.1 Å². The third-order valence-corrected chi connectivity index (χ3v) is 3.73. The Morgan fingerprint density at radius 2 is 1.81 bits per heavy atom. The van der Waals surface area contributed by atoms with Crippen LogP contribution in [0.5, 0.6) is 5.75 Å². The number of rotatable bonds is 4. The van der Waals surface area contributed by atoms with Gasteiger partial charge in [-0.15, -0.1) is 0 Å². The first-order valence-electron chi connectivity index (χ1n) is 7.16. The molecule has 146 valence electrons. The van der Waals surface area contributed by atoms with Gasteiger partial charge in [-0.2, -0.15) is 13.2 Å². The first kappa shape index (κ1) is 20.0. The molecule has 2 aromatic rings. The second-order valence-electron chi connectivity index (χ2n) is 5.23. The van der Waals surface area contributed by atoms with Crippen LogP contribution in [0.4, 0.5) is 19.0 Å². The summed E-state index contributed by atoms with van der Waals surface area (Å²) < 4.78 is 50.0. The molecule has 0 aliphatic heterocycles. The normalized spacial score (nSPS) is 13.7. The predicted molar refractivity (Wildman–Crippen MR) is 85.6 cm³/mol. The monoisotopic (exact) mass is 389 g/mol. The number of hydrogen-bond donors (Lipinski definition) is 3. The lowest BCUT2D eigenvalue weighted by atomic mass is 9.94. The van der Waals surface area contributed by atoms with Crippen molar-refractivity contribution in [3.05, 3.63) is 50.7 Å². The molecule has 1 aromatic heterocycles. The zero-order valence-electron chi connectivity index (χ0n) is 14.0. The molecule has 9 nitrogen and oxygen atoms in total. The Kier molecular flexibility index (Phi) is 5.04. The lowest BCUT2D eigenvalue weighted by Gasteiger charge is -2.28. The average molecular weight is 389 g/mol. The van der Waals surface area contributed by atoms with E-state index in [1.54, 1.807) is 4.98 Å². The average Bonchev–Trinajstić information content (AvgIpc) is 2.59. The molecule has 2 rings (SSSR count). The van der Waals surface area contributed by atoms with Crippen molar-refractivity contribution in [1.82, 2.24) is 9.55 Å². The van der Waals surface area contributed by atoms with Gasteiger partial charge in [0.05, 0.1) is 19.9 Å². The van der Waals surface area contributed by atoms with Gasteiger partial charge in [0.25, 0.3) is 11.2 Å². The van der Waals surface area contributed by atoms with Crippen molar-refractivity contribution < 1.29 is 32.5 Å². The van der Waals surface area contributed by atoms with Gasteiger partial charge in [-0.05, 0) is 12.1 Å². The number of ether oxygens (including phenoxy) is 2. The van der Waals surface area contributed by atoms with Crippen LogP contribution >= 0.6 is 0 Å². The second-order valence-corrected chi connectivity index (χ2v) is 5.23. The Morgan fingerprint density at radius 3 is 2.33 bits per heavy atom. The highest BCUT2D eigenvalue weighted by Gasteiger charge is 2.64. The number of para-hydroxylation sites is 2. The number of alkyl halides is 3. The number of esters is 1. The predicted octanol–water partition coefficient (Wildman–Crippen LogP) is 0.0395. The molecule has 12 heteroatoms. The van der Waals surface area contributed by atoms with Crippen LogP contribution in [0.3, 0.4) is 0 Å². The van der Waals surface area contributed by atoms with Crippen LogP contribution in [0.2, 0.25) is 0 Å². The van der Waals surface area contributed by atoms with Gasteiger partial charge in [0.1, 0.15) is 17.1 Å². The number of aliphatic hydroxyl groups is 1. The van der Waals surface area contributed by atoms with E-state index in [2.05, 4.69) is 4.74 Å². The summed E-state index contributed by atoms with van der Waals surface area (Å²) in [5.74, 6) is -3.28. The van der Waals surface area contributed by atoms with Crippen molar-refractivity contribution in [2.45, 2.75) is 11.8 Å². The van der Waals surface area contributed by atoms with Crippen LogP contribution < -0.4 is 21.7 Å². The topological polar surface area (TPSA) is 137 Å². The van der Waals surface area contributed by atoms with Gasteiger partial charge in [-0.3, -0.25) is 9.78 Å². The molecule has 0 bridgehead atoms. The second kappa shape index (κ2) is 6.79. The summed E-state index contributed by atoms with van der Waals surface area (Å²) in [4.78, 5) is 37.6. The van der Waals surface area contributed by atoms with Crippen LogP contribution in [0.1, 0.15) is 5.56 Å². The number of carbonyl (C=O) groups excluding carboxylic acids is 1. The van der Waals surface area contributed by atoms with Crippen molar-refractivity contribution in [3.8, 4) is 11.4 Å². The van der Waals surface area contributed by atoms with E-state index in [0.29, 0.717) is 11.7 Å². The quantitative estimate of drug-likeness (QED) is 0.628. The minimum atomic E-state index is -5.68. The molecule has 0 aliphatic carbocycles. The molecule has 0 unspecified atom stereocenters. The van der Waals surface area contributed by atoms with Crippen molar-refractivity contribution in [3.63, 3.8) is 0 Å². The molecule has 0 saturated carbocycles. The molecule has 0 saturated heterocycles. The number of nitrogen functional groups attached to an aromatic ring is 1. The van der Waals surface area contributed by atoms with Gasteiger partial charge in [0.2, 0.25) is 0 Å². The molecule has 1 atom stereocenters. The smallest absolute Gasteiger partial charge is 0.432 e. The molecule has 0 fully saturated rings. The van der Waals surface area contributed by atoms with Crippen molar-refractivity contribution >= 4 is 11.8 Å². The van der Waals surface area contributed by atoms with E-state index in [1.807, 2.05) is 0 Å². The Balaban J connectivity index is 2.98. The number of H-pyrrole nitrogens is 1. The van der Waals surface area contributed by atoms with Crippen molar-refractivity contribution in [2.24, 2.45) is 0 Å². The fourth-order valence-electron chi connectivity index (χ4n) is 2.46. The third kappa shape index (κ3) is 3.03. The highest BCUT2D eigenvalue weighted by atomic mass is 19.4. The first-order valence-corrected chi connectivity index (χ1v) is 7.16. The number of hydrogen-bond acceptors (Lipinski definition) is 7. The fraction of sp³-hybridized carbons (Fsp3) is 0.267. The van der Waals surface area contributed by atoms with Gasteiger partial charge in [0.15, 0.2) is 0 Å². The number of nitrogens with one attached hydrogen (secondary N) is 1. The third-order valence-electron chi connectivity index (χ3n) is 3.73. The number of halogens is 3. The number of anilines is 1. The highest BCUT2D eigenvalue weighted by molar-refractivity contribution is 5.84. The van der Waals surface area contributed by atoms with Crippen LogP contribution in [0.15, 0.2) is 33.9 Å². The Hall–Kier alpha value is -3.28. The zero-order valence-corrected chi connectivity index (χ0v) is 14.0. The summed E-state index contributed by atoms with van der Waals surface area (Å²) in [6.45, 7) is 0. The standard InChI is InChI=1S/C15H14F3N3O6/c1-26-8-6-4-3-5-7(8)21-10(19)9(11(22)20-13(21)24)14(25,12(23)27-2)15(16,17)18/h3-6,25H,19H2,1-2H3,(H,20,22,24)/t14-/m1/s1. The Morgan fingerprint density at radius 1 is 1.22 bits per heavy atom. The van der Waals surface area contributed by atoms with E-state index < -0.39 is 40.4 Å². The Labute approximate surface area is 148 Å². The number of aromatic amines is 1. The summed E-state index contributed by atoms with van der Waals surface area (Å²) in [6, 6.07) is 5.58. The number of carbonyl (C=O) groups is 1. The van der Waals surface area contributed by atoms with E-state index >= 15 is 0 Å². The molecule has 1 heterocycles. The molecule has 0 aliphatic rings. The summed E-state index contributed by atoms with van der Waals surface area (Å²) in [7, 11) is 1.81. The van der Waals surface area contributed by atoms with Crippen LogP contribution in [-0.2, 0) is 15.1 Å². The SMILES string of the molecule is COC(=O)[C@](O)(c1c(N)n(-c2ccccc2OC)c(=O)[nH]c1=O)C(F)(F)F. The molecule has 1 aromatic carbocycles. The number of benzene rings is 1. The molecule has 4 N–H and O–H groups in total. The lowest BCUT2D eigenvalue weighted by molar-refractivity contribution is -0.267. The van der Waals surface area contributed by atoms with Gasteiger partial charge >= 0.3 is 17.8 Å². The zero-order chi connectivity index (χ0) is 20.6. The van der Waals surface area contributed by atoms with Gasteiger partial charge < -0.3 is 20.3 Å². The van der Waals surface area contributed by atoms with Crippen LogP contribution in [0.25, 0.3) is 5.69 Å². The van der Waals surface area contributed by atoms with E-state index in [1.165, 1.54) is 31.4 Å². The Bertz CT molecular complexity index is 998. The fourth-order valence-corrected chi connectivity index (χ4v) is 2.46. The number of aromatic nitrogens is 2. The maximum atomic E-state index is 13.5. The largest absolute Gasteiger partial charge is 0.495 e. The van der Waals surface area contributed by atoms with Crippen LogP contribution in [0, 0.1) is 0 Å². The number of methoxy groups -OCH3 is 2. The minimum absolute atomic E-state index is 0.0258. The summed E-state index contributed by atoms with van der Waals surface area (Å²) in [5.41, 5.74) is -3.41. The van der Waals surface area contributed by atoms with E-state index in [9.17, 15) is 32.7 Å². The summed E-state index contributed by atoms with van der Waals surface area (Å²) in [6.07, 6.45) is -5.68. The van der Waals surface area contributed by atoms with Crippen molar-refractivity contribution in [2.75, 3.05) is 20.0 Å². The molecular formula is C15H14F3N3O6. The van der Waals surface area contributed by atoms with E-state index in [4.69, 9.17) is 10.5 Å². The maximum absolute atomic E-state index is 13.5. The molecular weight excluding hydrogens is 375 g/mol. The van der Waals surface area contributed by atoms with Crippen molar-refractivity contribution in [1.29, 1.82) is 0 Å². The lowest BCUT2D eigenvalue weighted by Crippen LogP contribution is -2.54. The molecule has 0 radical (unpaired) electrons. The first-order chi connectivity index (χ1) is 12.5. The minimum Gasteiger partial charge on any atom is -0.495 e. The van der Waals surface area contributed by atoms with E-state index in [-0.39, 0.29) is 11.4 Å². The number of nitrogens with zero attached hydrogens (tertiary/aromatic N) is 1. The molecule has 0 spiro atoms. The maximum Gasteiger partial charge on any atom is 0.432 e. The highest BCUT2D eigenvalue weighted by Crippen LogP contribution is 2.41.